The lowest BCUT2D eigenvalue weighted by molar-refractivity contribution is -0.387. The van der Waals surface area contributed by atoms with Crippen LogP contribution >= 0.6 is 0 Å². The van der Waals surface area contributed by atoms with Gasteiger partial charge in [0.1, 0.15) is 6.04 Å². The second kappa shape index (κ2) is 6.05. The third kappa shape index (κ3) is 3.85. The van der Waals surface area contributed by atoms with E-state index in [2.05, 4.69) is 0 Å². The number of carboxylic acids is 1. The average molecular weight is 276 g/mol. The molecule has 7 nitrogen and oxygen atoms in total. The molecule has 0 fully saturated rings. The van der Waals surface area contributed by atoms with Gasteiger partial charge in [0.15, 0.2) is 11.6 Å². The number of benzene rings is 1. The van der Waals surface area contributed by atoms with E-state index in [0.29, 0.717) is 12.1 Å². The summed E-state index contributed by atoms with van der Waals surface area (Å²) in [6.07, 6.45) is -0.118. The third-order valence-electron chi connectivity index (χ3n) is 2.20. The predicted molar refractivity (Wildman–Crippen MR) is 58.7 cm³/mol. The summed E-state index contributed by atoms with van der Waals surface area (Å²) in [5.41, 5.74) is 4.17. The number of halogens is 2. The van der Waals surface area contributed by atoms with E-state index < -0.39 is 40.0 Å². The van der Waals surface area contributed by atoms with Crippen LogP contribution in [0.4, 0.5) is 14.5 Å². The summed E-state index contributed by atoms with van der Waals surface area (Å²) in [7, 11) is 0. The van der Waals surface area contributed by atoms with Gasteiger partial charge in [-0.1, -0.05) is 0 Å². The molecule has 19 heavy (non-hydrogen) atoms. The molecule has 0 aromatic heterocycles. The van der Waals surface area contributed by atoms with Crippen molar-refractivity contribution in [3.63, 3.8) is 0 Å². The number of rotatable bonds is 6. The molecule has 3 N–H and O–H groups in total. The van der Waals surface area contributed by atoms with E-state index in [0.717, 1.165) is 0 Å². The Balaban J connectivity index is 2.72. The summed E-state index contributed by atoms with van der Waals surface area (Å²) in [6.45, 7) is -0.262. The van der Waals surface area contributed by atoms with Crippen LogP contribution in [-0.4, -0.2) is 28.6 Å². The van der Waals surface area contributed by atoms with E-state index >= 15 is 0 Å². The van der Waals surface area contributed by atoms with Gasteiger partial charge >= 0.3 is 11.7 Å². The Labute approximate surface area is 105 Å². The van der Waals surface area contributed by atoms with Crippen molar-refractivity contribution in [1.82, 2.24) is 0 Å². The minimum atomic E-state index is -1.25. The molecule has 0 saturated carbocycles. The molecule has 0 spiro atoms. The summed E-state index contributed by atoms with van der Waals surface area (Å²) >= 11 is 0. The molecule has 1 aromatic rings. The minimum Gasteiger partial charge on any atom is -0.490 e. The molecule has 9 heteroatoms. The quantitative estimate of drug-likeness (QED) is 0.592. The Morgan fingerprint density at radius 3 is 2.63 bits per heavy atom. The number of nitrogens with zero attached hydrogens (tertiary/aromatic N) is 1. The SMILES string of the molecule is NC(CCOc1cc(F)c([N+](=O)[O-])cc1F)C(=O)O. The van der Waals surface area contributed by atoms with E-state index in [-0.39, 0.29) is 13.0 Å². The first-order chi connectivity index (χ1) is 8.82. The zero-order chi connectivity index (χ0) is 14.6. The van der Waals surface area contributed by atoms with E-state index in [9.17, 15) is 23.7 Å². The molecule has 0 bridgehead atoms. The maximum atomic E-state index is 13.3. The molecule has 104 valence electrons. The number of nitrogens with two attached hydrogens (primary N) is 1. The van der Waals surface area contributed by atoms with Crippen LogP contribution in [-0.2, 0) is 4.79 Å². The van der Waals surface area contributed by atoms with Crippen LogP contribution in [0, 0.1) is 21.7 Å². The summed E-state index contributed by atoms with van der Waals surface area (Å²) in [6, 6.07) is -0.271. The number of carbonyl (C=O) groups is 1. The standard InChI is InChI=1S/C10H10F2N2O5/c11-5-4-9(6(12)3-8(5)14(17)18)19-2-1-7(13)10(15)16/h3-4,7H,1-2,13H2,(H,15,16). The Morgan fingerprint density at radius 2 is 2.11 bits per heavy atom. The van der Waals surface area contributed by atoms with Crippen LogP contribution in [0.1, 0.15) is 6.42 Å². The van der Waals surface area contributed by atoms with E-state index in [1.807, 2.05) is 0 Å². The fraction of sp³-hybridized carbons (Fsp3) is 0.300. The molecule has 0 heterocycles. The second-order valence-corrected chi connectivity index (χ2v) is 3.57. The van der Waals surface area contributed by atoms with Crippen LogP contribution in [0.3, 0.4) is 0 Å². The molecule has 0 saturated heterocycles. The molecule has 1 unspecified atom stereocenters. The van der Waals surface area contributed by atoms with Crippen LogP contribution in [0.25, 0.3) is 0 Å². The molecule has 0 aliphatic rings. The molecule has 0 amide bonds. The van der Waals surface area contributed by atoms with Crippen LogP contribution in [0.5, 0.6) is 5.75 Å². The number of hydrogen-bond acceptors (Lipinski definition) is 5. The largest absolute Gasteiger partial charge is 0.490 e. The monoisotopic (exact) mass is 276 g/mol. The van der Waals surface area contributed by atoms with Gasteiger partial charge in [-0.2, -0.15) is 4.39 Å². The van der Waals surface area contributed by atoms with Crippen molar-refractivity contribution in [2.45, 2.75) is 12.5 Å². The molecular formula is C10H10F2N2O5. The van der Waals surface area contributed by atoms with Gasteiger partial charge in [-0.05, 0) is 0 Å². The molecule has 1 atom stereocenters. The number of nitro groups is 1. The summed E-state index contributed by atoms with van der Waals surface area (Å²) in [5, 5.41) is 18.8. The fourth-order valence-corrected chi connectivity index (χ4v) is 1.19. The van der Waals surface area contributed by atoms with Gasteiger partial charge in [0.25, 0.3) is 0 Å². The molecular weight excluding hydrogens is 266 g/mol. The lowest BCUT2D eigenvalue weighted by atomic mass is 10.2. The van der Waals surface area contributed by atoms with E-state index in [4.69, 9.17) is 15.6 Å². The lowest BCUT2D eigenvalue weighted by Crippen LogP contribution is -2.31. The zero-order valence-electron chi connectivity index (χ0n) is 9.51. The first kappa shape index (κ1) is 14.8. The fourth-order valence-electron chi connectivity index (χ4n) is 1.19. The second-order valence-electron chi connectivity index (χ2n) is 3.57. The third-order valence-corrected chi connectivity index (χ3v) is 2.20. The first-order valence-electron chi connectivity index (χ1n) is 5.07. The van der Waals surface area contributed by atoms with Crippen molar-refractivity contribution in [1.29, 1.82) is 0 Å². The van der Waals surface area contributed by atoms with Crippen molar-refractivity contribution in [3.8, 4) is 5.75 Å². The van der Waals surface area contributed by atoms with Crippen LogP contribution in [0.2, 0.25) is 0 Å². The Hall–Kier alpha value is -2.29. The maximum Gasteiger partial charge on any atom is 0.320 e. The van der Waals surface area contributed by atoms with Gasteiger partial charge in [-0.3, -0.25) is 14.9 Å². The van der Waals surface area contributed by atoms with E-state index in [1.54, 1.807) is 0 Å². The molecule has 0 radical (unpaired) electrons. The van der Waals surface area contributed by atoms with Gasteiger partial charge in [-0.25, -0.2) is 4.39 Å². The normalized spacial score (nSPS) is 11.9. The summed E-state index contributed by atoms with van der Waals surface area (Å²) in [5.74, 6) is -4.15. The zero-order valence-corrected chi connectivity index (χ0v) is 9.51. The topological polar surface area (TPSA) is 116 Å². The molecule has 1 rings (SSSR count). The molecule has 1 aromatic carbocycles. The van der Waals surface area contributed by atoms with Gasteiger partial charge < -0.3 is 15.6 Å². The van der Waals surface area contributed by atoms with Crippen molar-refractivity contribution < 1.29 is 28.3 Å². The van der Waals surface area contributed by atoms with Crippen molar-refractivity contribution in [2.75, 3.05) is 6.61 Å². The highest BCUT2D eigenvalue weighted by Gasteiger charge is 2.19. The smallest absolute Gasteiger partial charge is 0.320 e. The number of nitro benzene ring substituents is 1. The Kier molecular flexibility index (Phi) is 4.70. The number of hydrogen-bond donors (Lipinski definition) is 2. The summed E-state index contributed by atoms with van der Waals surface area (Å²) in [4.78, 5) is 19.7. The molecule has 0 aliphatic carbocycles. The van der Waals surface area contributed by atoms with Gasteiger partial charge in [-0.15, -0.1) is 0 Å². The first-order valence-corrected chi connectivity index (χ1v) is 5.07. The highest BCUT2D eigenvalue weighted by atomic mass is 19.1. The maximum absolute atomic E-state index is 13.3. The van der Waals surface area contributed by atoms with Crippen LogP contribution < -0.4 is 10.5 Å². The lowest BCUT2D eigenvalue weighted by Gasteiger charge is -2.09. The van der Waals surface area contributed by atoms with Crippen molar-refractivity contribution >= 4 is 11.7 Å². The number of aliphatic carboxylic acids is 1. The number of ether oxygens (including phenoxy) is 1. The average Bonchev–Trinajstić information content (AvgIpc) is 2.32. The highest BCUT2D eigenvalue weighted by Crippen LogP contribution is 2.26. The van der Waals surface area contributed by atoms with Gasteiger partial charge in [0.2, 0.25) is 5.82 Å². The summed E-state index contributed by atoms with van der Waals surface area (Å²) < 4.78 is 31.3. The minimum absolute atomic E-state index is 0.118. The van der Waals surface area contributed by atoms with Gasteiger partial charge in [0, 0.05) is 12.5 Å². The Morgan fingerprint density at radius 1 is 1.47 bits per heavy atom. The highest BCUT2D eigenvalue weighted by molar-refractivity contribution is 5.72. The van der Waals surface area contributed by atoms with E-state index in [1.165, 1.54) is 0 Å². The van der Waals surface area contributed by atoms with Gasteiger partial charge in [0.05, 0.1) is 17.6 Å². The van der Waals surface area contributed by atoms with Crippen molar-refractivity contribution in [2.24, 2.45) is 5.73 Å². The predicted octanol–water partition coefficient (Wildman–Crippen LogP) is 1.05. The number of carboxylic acid groups (broad SMARTS) is 1. The van der Waals surface area contributed by atoms with Crippen molar-refractivity contribution in [3.05, 3.63) is 33.9 Å². The molecule has 0 aliphatic heterocycles. The Bertz CT molecular complexity index is 509. The van der Waals surface area contributed by atoms with Crippen LogP contribution in [0.15, 0.2) is 12.1 Å².